The molecule has 72 valence electrons. The van der Waals surface area contributed by atoms with Gasteiger partial charge in [0, 0.05) is 5.69 Å². The van der Waals surface area contributed by atoms with Crippen LogP contribution in [0.1, 0.15) is 23.4 Å². The maximum absolute atomic E-state index is 10.8. The molecule has 0 aliphatic heterocycles. The molecule has 1 aliphatic carbocycles. The molecule has 0 saturated heterocycles. The van der Waals surface area contributed by atoms with Crippen molar-refractivity contribution in [2.45, 2.75) is 25.0 Å². The maximum Gasteiger partial charge on any atom is 0.214 e. The molecule has 0 amide bonds. The van der Waals surface area contributed by atoms with Crippen molar-refractivity contribution in [1.82, 2.24) is 10.2 Å². The van der Waals surface area contributed by atoms with E-state index in [4.69, 9.17) is 5.14 Å². The summed E-state index contributed by atoms with van der Waals surface area (Å²) in [5.74, 6) is -0.154. The van der Waals surface area contributed by atoms with Gasteiger partial charge in [-0.15, -0.1) is 0 Å². The molecule has 1 aromatic heterocycles. The van der Waals surface area contributed by atoms with Gasteiger partial charge in [-0.25, -0.2) is 13.6 Å². The molecular formula is C7H11N3O2S. The number of primary sulfonamides is 1. The minimum atomic E-state index is -3.45. The Morgan fingerprint density at radius 3 is 2.92 bits per heavy atom. The van der Waals surface area contributed by atoms with E-state index in [1.165, 1.54) is 0 Å². The molecule has 0 fully saturated rings. The van der Waals surface area contributed by atoms with Crippen molar-refractivity contribution in [3.8, 4) is 0 Å². The summed E-state index contributed by atoms with van der Waals surface area (Å²) in [6.07, 6.45) is 2.95. The van der Waals surface area contributed by atoms with E-state index in [1.54, 1.807) is 0 Å². The number of fused-ring (bicyclic) bond motifs is 1. The van der Waals surface area contributed by atoms with Crippen LogP contribution in [-0.4, -0.2) is 18.6 Å². The Hall–Kier alpha value is -0.880. The fraction of sp³-hybridized carbons (Fsp3) is 0.571. The molecule has 0 spiro atoms. The lowest BCUT2D eigenvalue weighted by Crippen LogP contribution is -2.15. The molecule has 3 N–H and O–H groups in total. The fourth-order valence-electron chi connectivity index (χ4n) is 1.70. The van der Waals surface area contributed by atoms with Gasteiger partial charge in [0.05, 0.1) is 5.69 Å². The van der Waals surface area contributed by atoms with Crippen molar-refractivity contribution >= 4 is 10.0 Å². The zero-order valence-electron chi connectivity index (χ0n) is 7.08. The van der Waals surface area contributed by atoms with Crippen LogP contribution in [0.2, 0.25) is 0 Å². The number of hydrogen-bond donors (Lipinski definition) is 2. The van der Waals surface area contributed by atoms with Gasteiger partial charge in [0.15, 0.2) is 0 Å². The zero-order valence-corrected chi connectivity index (χ0v) is 7.89. The number of rotatable bonds is 2. The predicted octanol–water partition coefficient (Wildman–Crippen LogP) is -0.313. The first-order valence-corrected chi connectivity index (χ1v) is 5.83. The van der Waals surface area contributed by atoms with Gasteiger partial charge in [0.25, 0.3) is 0 Å². The van der Waals surface area contributed by atoms with Crippen LogP contribution in [-0.2, 0) is 28.6 Å². The molecule has 2 rings (SSSR count). The van der Waals surface area contributed by atoms with Crippen molar-refractivity contribution < 1.29 is 8.42 Å². The topological polar surface area (TPSA) is 88.8 Å². The van der Waals surface area contributed by atoms with Gasteiger partial charge in [-0.05, 0) is 24.8 Å². The molecule has 13 heavy (non-hydrogen) atoms. The maximum atomic E-state index is 10.8. The molecule has 5 nitrogen and oxygen atoms in total. The summed E-state index contributed by atoms with van der Waals surface area (Å²) < 4.78 is 21.6. The van der Waals surface area contributed by atoms with Crippen LogP contribution in [0.15, 0.2) is 0 Å². The third-order valence-electron chi connectivity index (χ3n) is 2.23. The summed E-state index contributed by atoms with van der Waals surface area (Å²) in [7, 11) is -3.45. The quantitative estimate of drug-likeness (QED) is 0.687. The molecule has 0 aromatic carbocycles. The van der Waals surface area contributed by atoms with E-state index in [0.717, 1.165) is 30.5 Å². The first kappa shape index (κ1) is 8.71. The average Bonchev–Trinajstić information content (AvgIpc) is 2.50. The number of aromatic nitrogens is 2. The van der Waals surface area contributed by atoms with Crippen LogP contribution in [0.5, 0.6) is 0 Å². The summed E-state index contributed by atoms with van der Waals surface area (Å²) >= 11 is 0. The Labute approximate surface area is 76.4 Å². The van der Waals surface area contributed by atoms with Gasteiger partial charge in [-0.3, -0.25) is 5.10 Å². The molecular weight excluding hydrogens is 190 g/mol. The van der Waals surface area contributed by atoms with Gasteiger partial charge in [0.1, 0.15) is 5.75 Å². The largest absolute Gasteiger partial charge is 0.282 e. The second-order valence-corrected chi connectivity index (χ2v) is 4.90. The average molecular weight is 201 g/mol. The molecule has 6 heteroatoms. The van der Waals surface area contributed by atoms with Crippen molar-refractivity contribution in [1.29, 1.82) is 0 Å². The summed E-state index contributed by atoms with van der Waals surface area (Å²) in [5, 5.41) is 11.7. The first-order chi connectivity index (χ1) is 6.06. The van der Waals surface area contributed by atoms with Crippen LogP contribution in [0.25, 0.3) is 0 Å². The Bertz CT molecular complexity index is 421. The van der Waals surface area contributed by atoms with E-state index in [0.29, 0.717) is 5.69 Å². The Morgan fingerprint density at radius 2 is 2.23 bits per heavy atom. The number of H-pyrrole nitrogens is 1. The molecule has 0 saturated carbocycles. The number of nitrogens with zero attached hydrogens (tertiary/aromatic N) is 1. The highest BCUT2D eigenvalue weighted by atomic mass is 32.2. The highest BCUT2D eigenvalue weighted by Crippen LogP contribution is 2.23. The lowest BCUT2D eigenvalue weighted by atomic mass is 10.2. The third kappa shape index (κ3) is 1.73. The summed E-state index contributed by atoms with van der Waals surface area (Å²) in [5.41, 5.74) is 2.71. The van der Waals surface area contributed by atoms with Crippen molar-refractivity contribution in [2.75, 3.05) is 0 Å². The Morgan fingerprint density at radius 1 is 1.46 bits per heavy atom. The molecule has 0 atom stereocenters. The van der Waals surface area contributed by atoms with E-state index in [-0.39, 0.29) is 5.75 Å². The van der Waals surface area contributed by atoms with E-state index in [9.17, 15) is 8.42 Å². The molecule has 1 heterocycles. The van der Waals surface area contributed by atoms with Crippen LogP contribution in [0.3, 0.4) is 0 Å². The molecule has 1 aromatic rings. The summed E-state index contributed by atoms with van der Waals surface area (Å²) in [4.78, 5) is 0. The molecule has 1 aliphatic rings. The van der Waals surface area contributed by atoms with Crippen LogP contribution < -0.4 is 5.14 Å². The van der Waals surface area contributed by atoms with Crippen molar-refractivity contribution in [3.63, 3.8) is 0 Å². The van der Waals surface area contributed by atoms with Gasteiger partial charge < -0.3 is 0 Å². The smallest absolute Gasteiger partial charge is 0.214 e. The normalized spacial score (nSPS) is 16.1. The minimum Gasteiger partial charge on any atom is -0.282 e. The lowest BCUT2D eigenvalue weighted by molar-refractivity contribution is 0.596. The van der Waals surface area contributed by atoms with E-state index in [1.807, 2.05) is 0 Å². The van der Waals surface area contributed by atoms with Crippen molar-refractivity contribution in [2.24, 2.45) is 5.14 Å². The monoisotopic (exact) mass is 201 g/mol. The lowest BCUT2D eigenvalue weighted by Gasteiger charge is -1.95. The first-order valence-electron chi connectivity index (χ1n) is 4.12. The molecule has 0 unspecified atom stereocenters. The van der Waals surface area contributed by atoms with E-state index in [2.05, 4.69) is 10.2 Å². The highest BCUT2D eigenvalue weighted by Gasteiger charge is 2.20. The second kappa shape index (κ2) is 2.81. The molecule has 0 radical (unpaired) electrons. The summed E-state index contributed by atoms with van der Waals surface area (Å²) in [6.45, 7) is 0. The number of hydrogen-bond acceptors (Lipinski definition) is 3. The summed E-state index contributed by atoms with van der Waals surface area (Å²) in [6, 6.07) is 0. The van der Waals surface area contributed by atoms with Gasteiger partial charge in [-0.1, -0.05) is 0 Å². The van der Waals surface area contributed by atoms with Crippen molar-refractivity contribution in [3.05, 3.63) is 17.0 Å². The number of aromatic amines is 1. The number of nitrogens with one attached hydrogen (secondary N) is 1. The van der Waals surface area contributed by atoms with Crippen LogP contribution in [0, 0.1) is 0 Å². The zero-order chi connectivity index (χ0) is 9.47. The highest BCUT2D eigenvalue weighted by molar-refractivity contribution is 7.88. The Kier molecular flexibility index (Phi) is 1.88. The van der Waals surface area contributed by atoms with Gasteiger partial charge in [0.2, 0.25) is 10.0 Å². The number of nitrogens with two attached hydrogens (primary N) is 1. The SMILES string of the molecule is NS(=O)(=O)Cc1n[nH]c2c1CCC2. The fourth-order valence-corrected chi connectivity index (χ4v) is 2.32. The molecule has 0 bridgehead atoms. The number of sulfonamides is 1. The van der Waals surface area contributed by atoms with E-state index >= 15 is 0 Å². The third-order valence-corrected chi connectivity index (χ3v) is 2.91. The van der Waals surface area contributed by atoms with Gasteiger partial charge in [-0.2, -0.15) is 5.10 Å². The van der Waals surface area contributed by atoms with E-state index < -0.39 is 10.0 Å². The van der Waals surface area contributed by atoms with Gasteiger partial charge >= 0.3 is 0 Å². The van der Waals surface area contributed by atoms with Crippen LogP contribution >= 0.6 is 0 Å². The number of aryl methyl sites for hydroxylation is 1. The van der Waals surface area contributed by atoms with Crippen LogP contribution in [0.4, 0.5) is 0 Å². The Balaban J connectivity index is 2.32. The second-order valence-electron chi connectivity index (χ2n) is 3.29. The predicted molar refractivity (Wildman–Crippen MR) is 47.4 cm³/mol. The minimum absolute atomic E-state index is 0.154. The standard InChI is InChI=1S/C7H11N3O2S/c8-13(11,12)4-7-5-2-1-3-6(5)9-10-7/h1-4H2,(H,9,10)(H2,8,11,12).